The maximum atomic E-state index is 13.0. The van der Waals surface area contributed by atoms with Gasteiger partial charge in [0.1, 0.15) is 17.7 Å². The van der Waals surface area contributed by atoms with Crippen molar-refractivity contribution in [3.63, 3.8) is 0 Å². The summed E-state index contributed by atoms with van der Waals surface area (Å²) in [5, 5.41) is 9.02. The van der Waals surface area contributed by atoms with E-state index in [2.05, 4.69) is 0 Å². The Hall–Kier alpha value is -1.47. The molecular weight excluding hydrogens is 279 g/mol. The Morgan fingerprint density at radius 1 is 1.20 bits per heavy atom. The van der Waals surface area contributed by atoms with Crippen LogP contribution >= 0.6 is 0 Å². The van der Waals surface area contributed by atoms with E-state index >= 15 is 0 Å². The molecule has 1 N–H and O–H groups in total. The summed E-state index contributed by atoms with van der Waals surface area (Å²) in [6.07, 6.45) is -6.15. The van der Waals surface area contributed by atoms with Gasteiger partial charge in [0.25, 0.3) is 0 Å². The molecule has 1 aliphatic heterocycles. The highest BCUT2D eigenvalue weighted by atomic mass is 19.4. The Labute approximate surface area is 114 Å². The van der Waals surface area contributed by atoms with Gasteiger partial charge in [0.05, 0.1) is 0 Å². The number of carboxylic acid groups (broad SMARTS) is 1. The van der Waals surface area contributed by atoms with Crippen LogP contribution in [-0.4, -0.2) is 45.9 Å². The van der Waals surface area contributed by atoms with Crippen LogP contribution in [0.2, 0.25) is 0 Å². The molecule has 0 radical (unpaired) electrons. The quantitative estimate of drug-likeness (QED) is 0.808. The lowest BCUT2D eigenvalue weighted by Gasteiger charge is -2.41. The fourth-order valence-corrected chi connectivity index (χ4v) is 2.13. The molecule has 0 aromatic rings. The zero-order valence-corrected chi connectivity index (χ0v) is 11.5. The lowest BCUT2D eigenvalue weighted by molar-refractivity contribution is -0.197. The summed E-state index contributed by atoms with van der Waals surface area (Å²) < 4.78 is 43.8. The van der Waals surface area contributed by atoms with Gasteiger partial charge in [0.2, 0.25) is 0 Å². The fourth-order valence-electron chi connectivity index (χ4n) is 2.13. The largest absolute Gasteiger partial charge is 0.480 e. The first-order chi connectivity index (χ1) is 8.93. The number of rotatable bonds is 1. The monoisotopic (exact) mass is 297 g/mol. The zero-order valence-electron chi connectivity index (χ0n) is 11.5. The van der Waals surface area contributed by atoms with E-state index in [-0.39, 0.29) is 19.3 Å². The number of hydrogen-bond donors (Lipinski definition) is 1. The highest BCUT2D eigenvalue weighted by Gasteiger charge is 2.52. The van der Waals surface area contributed by atoms with Gasteiger partial charge in [-0.2, -0.15) is 13.2 Å². The minimum Gasteiger partial charge on any atom is -0.480 e. The number of hydrogen-bond acceptors (Lipinski definition) is 3. The number of likely N-dealkylation sites (tertiary alicyclic amines) is 1. The predicted molar refractivity (Wildman–Crippen MR) is 63.2 cm³/mol. The second kappa shape index (κ2) is 5.49. The van der Waals surface area contributed by atoms with E-state index in [4.69, 9.17) is 9.84 Å². The smallest absolute Gasteiger partial charge is 0.411 e. The first-order valence-corrected chi connectivity index (χ1v) is 6.24. The number of piperidine rings is 1. The number of carbonyl (C=O) groups excluding carboxylic acids is 1. The topological polar surface area (TPSA) is 66.8 Å². The summed E-state index contributed by atoms with van der Waals surface area (Å²) in [5.41, 5.74) is -0.992. The average Bonchev–Trinajstić information content (AvgIpc) is 2.24. The first kappa shape index (κ1) is 16.6. The van der Waals surface area contributed by atoms with Crippen LogP contribution < -0.4 is 0 Å². The van der Waals surface area contributed by atoms with Gasteiger partial charge in [0, 0.05) is 0 Å². The van der Waals surface area contributed by atoms with Crippen LogP contribution in [0.25, 0.3) is 0 Å². The molecule has 8 heteroatoms. The van der Waals surface area contributed by atoms with Gasteiger partial charge in [-0.25, -0.2) is 9.59 Å². The van der Waals surface area contributed by atoms with E-state index in [1.807, 2.05) is 0 Å². The Balaban J connectivity index is 3.07. The normalized spacial score (nSPS) is 24.4. The highest BCUT2D eigenvalue weighted by molar-refractivity contribution is 5.80. The van der Waals surface area contributed by atoms with E-state index < -0.39 is 35.9 Å². The minimum atomic E-state index is -4.68. The van der Waals surface area contributed by atoms with Crippen LogP contribution in [0.1, 0.15) is 40.0 Å². The van der Waals surface area contributed by atoms with E-state index in [0.717, 1.165) is 0 Å². The Kier molecular flexibility index (Phi) is 4.55. The standard InChI is InChI=1S/C12H18F3NO4/c1-11(2,3)20-10(19)16-7(9(17)18)5-4-6-8(16)12(13,14)15/h7-8H,4-6H2,1-3H3,(H,17,18)/t7-,8+/m0/s1. The molecule has 0 bridgehead atoms. The lowest BCUT2D eigenvalue weighted by Crippen LogP contribution is -2.59. The van der Waals surface area contributed by atoms with Gasteiger partial charge in [-0.1, -0.05) is 0 Å². The van der Waals surface area contributed by atoms with Crippen LogP contribution in [0, 0.1) is 0 Å². The predicted octanol–water partition coefficient (Wildman–Crippen LogP) is 2.79. The second-order valence-electron chi connectivity index (χ2n) is 5.73. The summed E-state index contributed by atoms with van der Waals surface area (Å²) in [7, 11) is 0. The first-order valence-electron chi connectivity index (χ1n) is 6.24. The van der Waals surface area contributed by atoms with Crippen molar-refractivity contribution in [2.24, 2.45) is 0 Å². The van der Waals surface area contributed by atoms with Gasteiger partial charge in [0.15, 0.2) is 0 Å². The molecular formula is C12H18F3NO4. The molecule has 1 amide bonds. The number of carboxylic acids is 1. The summed E-state index contributed by atoms with van der Waals surface area (Å²) in [6, 6.07) is -3.63. The van der Waals surface area contributed by atoms with Crippen molar-refractivity contribution in [1.82, 2.24) is 4.90 Å². The molecule has 0 saturated carbocycles. The summed E-state index contributed by atoms with van der Waals surface area (Å²) >= 11 is 0. The SMILES string of the molecule is CC(C)(C)OC(=O)N1[C@H](C(=O)O)CCC[C@@H]1C(F)(F)F. The maximum absolute atomic E-state index is 13.0. The zero-order chi connectivity index (χ0) is 15.7. The molecule has 1 heterocycles. The molecule has 20 heavy (non-hydrogen) atoms. The number of carbonyl (C=O) groups is 2. The number of ether oxygens (including phenoxy) is 1. The third-order valence-corrected chi connectivity index (χ3v) is 2.89. The molecule has 1 rings (SSSR count). The maximum Gasteiger partial charge on any atom is 0.411 e. The molecule has 1 fully saturated rings. The van der Waals surface area contributed by atoms with E-state index in [1.165, 1.54) is 20.8 Å². The van der Waals surface area contributed by atoms with Gasteiger partial charge in [-0.3, -0.25) is 4.90 Å². The van der Waals surface area contributed by atoms with Crippen molar-refractivity contribution in [2.75, 3.05) is 0 Å². The molecule has 1 aliphatic rings. The molecule has 5 nitrogen and oxygen atoms in total. The number of halogens is 3. The van der Waals surface area contributed by atoms with E-state index in [0.29, 0.717) is 4.90 Å². The lowest BCUT2D eigenvalue weighted by atomic mass is 9.95. The van der Waals surface area contributed by atoms with Crippen LogP contribution in [0.5, 0.6) is 0 Å². The number of nitrogens with zero attached hydrogens (tertiary/aromatic N) is 1. The van der Waals surface area contributed by atoms with Crippen molar-refractivity contribution >= 4 is 12.1 Å². The second-order valence-corrected chi connectivity index (χ2v) is 5.73. The minimum absolute atomic E-state index is 0.0127. The Morgan fingerprint density at radius 3 is 2.15 bits per heavy atom. The van der Waals surface area contributed by atoms with Crippen molar-refractivity contribution in [1.29, 1.82) is 0 Å². The van der Waals surface area contributed by atoms with Gasteiger partial charge >= 0.3 is 18.2 Å². The number of amides is 1. The third kappa shape index (κ3) is 4.01. The van der Waals surface area contributed by atoms with Crippen molar-refractivity contribution < 1.29 is 32.6 Å². The third-order valence-electron chi connectivity index (χ3n) is 2.89. The molecule has 2 atom stereocenters. The number of alkyl halides is 3. The summed E-state index contributed by atoms with van der Waals surface area (Å²) in [6.45, 7) is 4.52. The average molecular weight is 297 g/mol. The van der Waals surface area contributed by atoms with Crippen LogP contribution in [-0.2, 0) is 9.53 Å². The van der Waals surface area contributed by atoms with Crippen LogP contribution in [0.4, 0.5) is 18.0 Å². The Bertz CT molecular complexity index is 389. The summed E-state index contributed by atoms with van der Waals surface area (Å²) in [4.78, 5) is 23.3. The molecule has 0 unspecified atom stereocenters. The van der Waals surface area contributed by atoms with Gasteiger partial charge < -0.3 is 9.84 Å². The van der Waals surface area contributed by atoms with E-state index in [9.17, 15) is 22.8 Å². The van der Waals surface area contributed by atoms with Crippen molar-refractivity contribution in [3.05, 3.63) is 0 Å². The molecule has 0 aliphatic carbocycles. The Morgan fingerprint density at radius 2 is 1.75 bits per heavy atom. The summed E-state index contributed by atoms with van der Waals surface area (Å²) in [5.74, 6) is -1.45. The van der Waals surface area contributed by atoms with Gasteiger partial charge in [-0.15, -0.1) is 0 Å². The molecule has 1 saturated heterocycles. The highest BCUT2D eigenvalue weighted by Crippen LogP contribution is 2.35. The molecule has 116 valence electrons. The van der Waals surface area contributed by atoms with Crippen molar-refractivity contribution in [2.45, 2.75) is 63.9 Å². The molecule has 0 aromatic carbocycles. The van der Waals surface area contributed by atoms with Gasteiger partial charge in [-0.05, 0) is 40.0 Å². The molecule has 0 aromatic heterocycles. The van der Waals surface area contributed by atoms with E-state index in [1.54, 1.807) is 0 Å². The number of aliphatic carboxylic acids is 1. The van der Waals surface area contributed by atoms with Crippen LogP contribution in [0.3, 0.4) is 0 Å². The van der Waals surface area contributed by atoms with Crippen molar-refractivity contribution in [3.8, 4) is 0 Å². The molecule has 0 spiro atoms. The fraction of sp³-hybridized carbons (Fsp3) is 0.833. The van der Waals surface area contributed by atoms with Crippen LogP contribution in [0.15, 0.2) is 0 Å².